The molecule has 1 unspecified atom stereocenters. The summed E-state index contributed by atoms with van der Waals surface area (Å²) in [7, 11) is 0. The Kier molecular flexibility index (Phi) is 3.30. The molecule has 1 aromatic carbocycles. The molecule has 0 fully saturated rings. The predicted molar refractivity (Wildman–Crippen MR) is 94.1 cm³/mol. The van der Waals surface area contributed by atoms with Crippen molar-refractivity contribution in [3.63, 3.8) is 0 Å². The molecule has 2 aromatic rings. The first-order valence-electron chi connectivity index (χ1n) is 7.83. The summed E-state index contributed by atoms with van der Waals surface area (Å²) in [5, 5.41) is 4.48. The van der Waals surface area contributed by atoms with Crippen LogP contribution in [0.25, 0.3) is 5.70 Å². The monoisotopic (exact) mass is 320 g/mol. The molecule has 0 saturated carbocycles. The van der Waals surface area contributed by atoms with Crippen molar-refractivity contribution in [2.24, 2.45) is 20.9 Å². The molecule has 0 aliphatic carbocycles. The van der Waals surface area contributed by atoms with Crippen molar-refractivity contribution in [2.45, 2.75) is 19.8 Å². The smallest absolute Gasteiger partial charge is 0.300 e. The van der Waals surface area contributed by atoms with Gasteiger partial charge in [-0.1, -0.05) is 32.0 Å². The van der Waals surface area contributed by atoms with Crippen LogP contribution in [-0.4, -0.2) is 22.6 Å². The number of benzene rings is 1. The van der Waals surface area contributed by atoms with Crippen LogP contribution in [0, 0.1) is 0 Å². The molecular formula is C18H18N5O+. The van der Waals surface area contributed by atoms with E-state index in [4.69, 9.17) is 10.3 Å². The lowest BCUT2D eigenvalue weighted by molar-refractivity contribution is -0.802. The van der Waals surface area contributed by atoms with Gasteiger partial charge in [0.15, 0.2) is 12.0 Å². The molecule has 3 heterocycles. The highest BCUT2D eigenvalue weighted by Gasteiger charge is 2.40. The van der Waals surface area contributed by atoms with Gasteiger partial charge in [-0.3, -0.25) is 0 Å². The highest BCUT2D eigenvalue weighted by Crippen LogP contribution is 2.28. The van der Waals surface area contributed by atoms with Crippen LogP contribution >= 0.6 is 0 Å². The molecule has 1 aromatic heterocycles. The molecule has 0 bridgehead atoms. The van der Waals surface area contributed by atoms with E-state index in [1.54, 1.807) is 30.8 Å². The van der Waals surface area contributed by atoms with Gasteiger partial charge in [0.1, 0.15) is 11.9 Å². The van der Waals surface area contributed by atoms with Crippen molar-refractivity contribution in [1.82, 2.24) is 0 Å². The van der Waals surface area contributed by atoms with Crippen molar-refractivity contribution < 1.29 is 9.12 Å². The third kappa shape index (κ3) is 2.42. The first-order chi connectivity index (χ1) is 11.5. The minimum Gasteiger partial charge on any atom is -0.461 e. The fraction of sp³-hybridized carbons (Fsp3) is 0.167. The Balaban J connectivity index is 1.73. The molecule has 120 valence electrons. The molecule has 1 atom stereocenters. The van der Waals surface area contributed by atoms with Gasteiger partial charge >= 0.3 is 0 Å². The number of hydrogen-bond donors (Lipinski definition) is 1. The standard InChI is InChI=1S/C18H18N5O/c1-12(2)13-5-3-6-14(9-13)15-11-23(19)17(10-20-15)21-18(22-23)16-7-4-8-24-16/h3-12H,19H2,1-2H3/q+1. The molecule has 4 rings (SSSR count). The Labute approximate surface area is 139 Å². The highest BCUT2D eigenvalue weighted by atomic mass is 16.3. The number of rotatable bonds is 3. The first-order valence-corrected chi connectivity index (χ1v) is 7.83. The maximum atomic E-state index is 6.40. The second-order valence-corrected chi connectivity index (χ2v) is 6.16. The molecule has 0 spiro atoms. The average Bonchev–Trinajstić information content (AvgIpc) is 3.21. The maximum Gasteiger partial charge on any atom is 0.300 e. The lowest BCUT2D eigenvalue weighted by atomic mass is 10.00. The Morgan fingerprint density at radius 1 is 1.17 bits per heavy atom. The zero-order valence-corrected chi connectivity index (χ0v) is 13.5. The molecule has 6 heteroatoms. The van der Waals surface area contributed by atoms with E-state index < -0.39 is 0 Å². The molecule has 2 aliphatic rings. The summed E-state index contributed by atoms with van der Waals surface area (Å²) in [6.07, 6.45) is 5.05. The van der Waals surface area contributed by atoms with E-state index in [0.717, 1.165) is 11.3 Å². The van der Waals surface area contributed by atoms with Crippen molar-refractivity contribution in [3.8, 4) is 0 Å². The number of fused-ring (bicyclic) bond motifs is 1. The summed E-state index contributed by atoms with van der Waals surface area (Å²) >= 11 is 0. The summed E-state index contributed by atoms with van der Waals surface area (Å²) in [6, 6.07) is 11.9. The van der Waals surface area contributed by atoms with Crippen LogP contribution in [0.5, 0.6) is 0 Å². The van der Waals surface area contributed by atoms with Gasteiger partial charge in [0.05, 0.1) is 6.26 Å². The zero-order chi connectivity index (χ0) is 16.7. The summed E-state index contributed by atoms with van der Waals surface area (Å²) in [5.74, 6) is 8.47. The van der Waals surface area contributed by atoms with Gasteiger partial charge < -0.3 is 4.42 Å². The van der Waals surface area contributed by atoms with Crippen molar-refractivity contribution >= 4 is 23.6 Å². The third-order valence-electron chi connectivity index (χ3n) is 4.08. The molecule has 24 heavy (non-hydrogen) atoms. The maximum absolute atomic E-state index is 6.40. The minimum absolute atomic E-state index is 0.249. The van der Waals surface area contributed by atoms with Gasteiger partial charge in [0.25, 0.3) is 11.7 Å². The fourth-order valence-electron chi connectivity index (χ4n) is 2.70. The Hall–Kier alpha value is -2.83. The van der Waals surface area contributed by atoms with Gasteiger partial charge in [-0.05, 0) is 39.5 Å². The van der Waals surface area contributed by atoms with E-state index in [-0.39, 0.29) is 4.70 Å². The van der Waals surface area contributed by atoms with E-state index in [1.807, 2.05) is 12.1 Å². The van der Waals surface area contributed by atoms with Gasteiger partial charge in [0.2, 0.25) is 0 Å². The van der Waals surface area contributed by atoms with Crippen LogP contribution < -0.4 is 5.84 Å². The van der Waals surface area contributed by atoms with E-state index in [9.17, 15) is 0 Å². The van der Waals surface area contributed by atoms with E-state index in [0.29, 0.717) is 23.3 Å². The second kappa shape index (κ2) is 5.36. The molecular weight excluding hydrogens is 302 g/mol. The topological polar surface area (TPSA) is 76.2 Å². The van der Waals surface area contributed by atoms with Crippen LogP contribution in [0.1, 0.15) is 36.7 Å². The van der Waals surface area contributed by atoms with Crippen LogP contribution in [-0.2, 0) is 0 Å². The average molecular weight is 320 g/mol. The lowest BCUT2D eigenvalue weighted by Crippen LogP contribution is -2.50. The number of aliphatic imine (C=N–C) groups is 2. The number of hydrogen-bond acceptors (Lipinski definition) is 5. The summed E-state index contributed by atoms with van der Waals surface area (Å²) in [5.41, 5.74) is 3.05. The first kappa shape index (κ1) is 14.7. The van der Waals surface area contributed by atoms with Crippen LogP contribution in [0.2, 0.25) is 0 Å². The third-order valence-corrected chi connectivity index (χ3v) is 4.08. The lowest BCUT2D eigenvalue weighted by Gasteiger charge is -2.20. The Bertz CT molecular complexity index is 905. The zero-order valence-electron chi connectivity index (χ0n) is 13.5. The summed E-state index contributed by atoms with van der Waals surface area (Å²) in [6.45, 7) is 4.33. The Morgan fingerprint density at radius 3 is 2.79 bits per heavy atom. The molecule has 6 nitrogen and oxygen atoms in total. The van der Waals surface area contributed by atoms with E-state index in [2.05, 4.69) is 41.1 Å². The molecule has 2 N–H and O–H groups in total. The number of nitrogens with zero attached hydrogens (tertiary/aromatic N) is 4. The van der Waals surface area contributed by atoms with Gasteiger partial charge in [0, 0.05) is 5.56 Å². The SMILES string of the molecule is CC(C)c1cccc(C2=C[N+]3(N)N=C(c4ccco4)N=C3C=N2)c1. The highest BCUT2D eigenvalue weighted by molar-refractivity contribution is 6.32. The number of amidine groups is 2. The second-order valence-electron chi connectivity index (χ2n) is 6.16. The number of furan rings is 1. The van der Waals surface area contributed by atoms with Gasteiger partial charge in [-0.2, -0.15) is 4.99 Å². The van der Waals surface area contributed by atoms with Crippen LogP contribution in [0.4, 0.5) is 0 Å². The van der Waals surface area contributed by atoms with Crippen molar-refractivity contribution in [1.29, 1.82) is 0 Å². The molecule has 2 aliphatic heterocycles. The molecule has 0 saturated heterocycles. The van der Waals surface area contributed by atoms with Crippen molar-refractivity contribution in [2.75, 3.05) is 0 Å². The quantitative estimate of drug-likeness (QED) is 0.696. The number of quaternary nitrogens is 1. The normalized spacial score (nSPS) is 22.2. The summed E-state index contributed by atoms with van der Waals surface area (Å²) < 4.78 is 5.10. The molecule has 0 amide bonds. The van der Waals surface area contributed by atoms with Crippen LogP contribution in [0.3, 0.4) is 0 Å². The van der Waals surface area contributed by atoms with Gasteiger partial charge in [-0.25, -0.2) is 4.99 Å². The summed E-state index contributed by atoms with van der Waals surface area (Å²) in [4.78, 5) is 8.93. The minimum atomic E-state index is -0.249. The molecule has 0 radical (unpaired) electrons. The van der Waals surface area contributed by atoms with E-state index >= 15 is 0 Å². The number of nitrogens with two attached hydrogens (primary N) is 1. The Morgan fingerprint density at radius 2 is 2.04 bits per heavy atom. The van der Waals surface area contributed by atoms with E-state index in [1.165, 1.54) is 5.56 Å². The fourth-order valence-corrected chi connectivity index (χ4v) is 2.70. The van der Waals surface area contributed by atoms with Crippen LogP contribution in [0.15, 0.2) is 68.4 Å². The predicted octanol–water partition coefficient (Wildman–Crippen LogP) is 3.25. The van der Waals surface area contributed by atoms with Crippen molar-refractivity contribution in [3.05, 3.63) is 65.7 Å². The van der Waals surface area contributed by atoms with Gasteiger partial charge in [-0.15, -0.1) is 5.84 Å². The largest absolute Gasteiger partial charge is 0.461 e.